The number of rotatable bonds is 4. The first-order valence-corrected chi connectivity index (χ1v) is 10.4. The minimum absolute atomic E-state index is 0.109. The second-order valence-corrected chi connectivity index (χ2v) is 9.38. The first-order valence-electron chi connectivity index (χ1n) is 6.19. The third-order valence-electron chi connectivity index (χ3n) is 2.94. The lowest BCUT2D eigenvalue weighted by Crippen LogP contribution is -2.13. The highest BCUT2D eigenvalue weighted by Gasteiger charge is 2.17. The van der Waals surface area contributed by atoms with E-state index in [0.717, 1.165) is 11.8 Å². The van der Waals surface area contributed by atoms with E-state index in [-0.39, 0.29) is 15.5 Å². The molecule has 0 aliphatic carbocycles. The summed E-state index contributed by atoms with van der Waals surface area (Å²) >= 11 is 3.19. The molecule has 22 heavy (non-hydrogen) atoms. The SMILES string of the molecule is Cc1ccc(S(=O)(=O)Nc2ccc(S(C)(=O)=O)cc2Br)cc1. The summed E-state index contributed by atoms with van der Waals surface area (Å²) in [4.78, 5) is 0.245. The Kier molecular flexibility index (Phi) is 4.65. The summed E-state index contributed by atoms with van der Waals surface area (Å²) in [7, 11) is -7.08. The van der Waals surface area contributed by atoms with Crippen LogP contribution in [-0.2, 0) is 19.9 Å². The predicted octanol–water partition coefficient (Wildman–Crippen LogP) is 2.96. The number of aryl methyl sites for hydroxylation is 1. The molecule has 0 aliphatic rings. The zero-order valence-corrected chi connectivity index (χ0v) is 15.1. The molecule has 0 saturated carbocycles. The van der Waals surface area contributed by atoms with Gasteiger partial charge in [-0.15, -0.1) is 0 Å². The van der Waals surface area contributed by atoms with Crippen molar-refractivity contribution in [3.05, 3.63) is 52.5 Å². The largest absolute Gasteiger partial charge is 0.278 e. The van der Waals surface area contributed by atoms with Crippen molar-refractivity contribution < 1.29 is 16.8 Å². The van der Waals surface area contributed by atoms with Crippen molar-refractivity contribution in [2.75, 3.05) is 11.0 Å². The maximum absolute atomic E-state index is 12.3. The van der Waals surface area contributed by atoms with Crippen molar-refractivity contribution in [1.82, 2.24) is 0 Å². The van der Waals surface area contributed by atoms with Gasteiger partial charge in [0.1, 0.15) is 0 Å². The fraction of sp³-hybridized carbons (Fsp3) is 0.143. The van der Waals surface area contributed by atoms with Gasteiger partial charge < -0.3 is 0 Å². The number of sulfone groups is 1. The van der Waals surface area contributed by atoms with Gasteiger partial charge in [0.2, 0.25) is 0 Å². The molecule has 5 nitrogen and oxygen atoms in total. The zero-order chi connectivity index (χ0) is 16.5. The second-order valence-electron chi connectivity index (χ2n) is 4.83. The van der Waals surface area contributed by atoms with E-state index in [4.69, 9.17) is 0 Å². The number of sulfonamides is 1. The van der Waals surface area contributed by atoms with Crippen molar-refractivity contribution in [3.63, 3.8) is 0 Å². The highest BCUT2D eigenvalue weighted by molar-refractivity contribution is 9.10. The van der Waals surface area contributed by atoms with Crippen LogP contribution in [0.15, 0.2) is 56.7 Å². The molecule has 118 valence electrons. The van der Waals surface area contributed by atoms with Crippen LogP contribution in [0.3, 0.4) is 0 Å². The van der Waals surface area contributed by atoms with Crippen LogP contribution in [0.5, 0.6) is 0 Å². The van der Waals surface area contributed by atoms with Gasteiger partial charge in [-0.1, -0.05) is 17.7 Å². The lowest BCUT2D eigenvalue weighted by Gasteiger charge is -2.11. The standard InChI is InChI=1S/C14H14BrNO4S2/c1-10-3-5-11(6-4-10)22(19,20)16-14-8-7-12(9-13(14)15)21(2,17)18/h3-9,16H,1-2H3. The molecule has 0 fully saturated rings. The Balaban J connectivity index is 2.36. The van der Waals surface area contributed by atoms with Crippen molar-refractivity contribution in [2.24, 2.45) is 0 Å². The minimum Gasteiger partial charge on any atom is -0.278 e. The lowest BCUT2D eigenvalue weighted by molar-refractivity contribution is 0.600. The van der Waals surface area contributed by atoms with Crippen LogP contribution in [0.25, 0.3) is 0 Å². The average molecular weight is 404 g/mol. The van der Waals surface area contributed by atoms with E-state index in [0.29, 0.717) is 4.47 Å². The van der Waals surface area contributed by atoms with Crippen molar-refractivity contribution >= 4 is 41.5 Å². The molecule has 0 atom stereocenters. The Morgan fingerprint density at radius 1 is 0.909 bits per heavy atom. The molecular weight excluding hydrogens is 390 g/mol. The Morgan fingerprint density at radius 2 is 1.45 bits per heavy atom. The maximum Gasteiger partial charge on any atom is 0.261 e. The van der Waals surface area contributed by atoms with Gasteiger partial charge in [-0.05, 0) is 53.2 Å². The van der Waals surface area contributed by atoms with Gasteiger partial charge >= 0.3 is 0 Å². The summed E-state index contributed by atoms with van der Waals surface area (Å²) in [5.74, 6) is 0. The molecule has 8 heteroatoms. The third-order valence-corrected chi connectivity index (χ3v) is 6.09. The average Bonchev–Trinajstić information content (AvgIpc) is 2.40. The molecule has 0 unspecified atom stereocenters. The second kappa shape index (κ2) is 6.02. The molecule has 0 radical (unpaired) electrons. The topological polar surface area (TPSA) is 80.3 Å². The van der Waals surface area contributed by atoms with Crippen LogP contribution in [0.1, 0.15) is 5.56 Å². The minimum atomic E-state index is -3.73. The zero-order valence-electron chi connectivity index (χ0n) is 11.9. The van der Waals surface area contributed by atoms with Crippen molar-refractivity contribution in [3.8, 4) is 0 Å². The van der Waals surface area contributed by atoms with Crippen molar-refractivity contribution in [1.29, 1.82) is 0 Å². The first-order chi connectivity index (χ1) is 10.1. The smallest absolute Gasteiger partial charge is 0.261 e. The van der Waals surface area contributed by atoms with Crippen LogP contribution in [-0.4, -0.2) is 23.1 Å². The van der Waals surface area contributed by atoms with Gasteiger partial charge in [-0.2, -0.15) is 0 Å². The molecular formula is C14H14BrNO4S2. The van der Waals surface area contributed by atoms with Gasteiger partial charge in [0.05, 0.1) is 15.5 Å². The molecule has 2 aromatic rings. The molecule has 0 bridgehead atoms. The van der Waals surface area contributed by atoms with Gasteiger partial charge in [0, 0.05) is 10.7 Å². The highest BCUT2D eigenvalue weighted by atomic mass is 79.9. The molecule has 2 aromatic carbocycles. The molecule has 2 rings (SSSR count). The number of nitrogens with one attached hydrogen (secondary N) is 1. The van der Waals surface area contributed by atoms with Gasteiger partial charge in [0.25, 0.3) is 10.0 Å². The molecule has 1 N–H and O–H groups in total. The summed E-state index contributed by atoms with van der Waals surface area (Å²) in [6.45, 7) is 1.87. The first kappa shape index (κ1) is 17.0. The van der Waals surface area contributed by atoms with E-state index in [2.05, 4.69) is 20.7 Å². The Bertz CT molecular complexity index is 904. The fourth-order valence-electron chi connectivity index (χ4n) is 1.73. The summed E-state index contributed by atoms with van der Waals surface area (Å²) in [5, 5.41) is 0. The lowest BCUT2D eigenvalue weighted by atomic mass is 10.2. The number of benzene rings is 2. The van der Waals surface area contributed by atoms with Crippen LogP contribution >= 0.6 is 15.9 Å². The summed E-state index contributed by atoms with van der Waals surface area (Å²) < 4.78 is 50.3. The van der Waals surface area contributed by atoms with Gasteiger partial charge in [0.15, 0.2) is 9.84 Å². The molecule has 0 aromatic heterocycles. The Labute approximate surface area is 138 Å². The number of halogens is 1. The van der Waals surface area contributed by atoms with E-state index in [9.17, 15) is 16.8 Å². The summed E-state index contributed by atoms with van der Waals surface area (Å²) in [6.07, 6.45) is 1.09. The predicted molar refractivity (Wildman–Crippen MR) is 89.2 cm³/mol. The van der Waals surface area contributed by atoms with Gasteiger partial charge in [-0.25, -0.2) is 16.8 Å². The molecule has 0 amide bonds. The quantitative estimate of drug-likeness (QED) is 0.850. The number of hydrogen-bond acceptors (Lipinski definition) is 4. The molecule has 0 spiro atoms. The fourth-order valence-corrected chi connectivity index (χ4v) is 4.22. The van der Waals surface area contributed by atoms with E-state index >= 15 is 0 Å². The van der Waals surface area contributed by atoms with Crippen molar-refractivity contribution in [2.45, 2.75) is 16.7 Å². The molecule has 0 heterocycles. The van der Waals surface area contributed by atoms with E-state index in [1.807, 2.05) is 6.92 Å². The van der Waals surface area contributed by atoms with Crippen LogP contribution < -0.4 is 4.72 Å². The van der Waals surface area contributed by atoms with Crippen LogP contribution in [0.2, 0.25) is 0 Å². The Morgan fingerprint density at radius 3 is 1.95 bits per heavy atom. The summed E-state index contributed by atoms with van der Waals surface area (Å²) in [6, 6.07) is 10.6. The van der Waals surface area contributed by atoms with E-state index in [1.165, 1.54) is 30.3 Å². The third kappa shape index (κ3) is 3.88. The number of anilines is 1. The summed E-state index contributed by atoms with van der Waals surface area (Å²) in [5.41, 5.74) is 1.23. The highest BCUT2D eigenvalue weighted by Crippen LogP contribution is 2.28. The maximum atomic E-state index is 12.3. The Hall–Kier alpha value is -1.38. The molecule has 0 saturated heterocycles. The van der Waals surface area contributed by atoms with E-state index < -0.39 is 19.9 Å². The molecule has 0 aliphatic heterocycles. The monoisotopic (exact) mass is 403 g/mol. The van der Waals surface area contributed by atoms with Crippen LogP contribution in [0, 0.1) is 6.92 Å². The van der Waals surface area contributed by atoms with Crippen LogP contribution in [0.4, 0.5) is 5.69 Å². The number of hydrogen-bond donors (Lipinski definition) is 1. The normalized spacial score (nSPS) is 12.1. The van der Waals surface area contributed by atoms with E-state index in [1.54, 1.807) is 12.1 Å². The van der Waals surface area contributed by atoms with Gasteiger partial charge in [-0.3, -0.25) is 4.72 Å².